The van der Waals surface area contributed by atoms with Gasteiger partial charge < -0.3 is 29.3 Å². The zero-order valence-electron chi connectivity index (χ0n) is 15.9. The number of urea groups is 1. The second-order valence-corrected chi connectivity index (χ2v) is 7.04. The van der Waals surface area contributed by atoms with Gasteiger partial charge in [-0.2, -0.15) is 0 Å². The number of hydrogen-bond acceptors (Lipinski definition) is 7. The highest BCUT2D eigenvalue weighted by molar-refractivity contribution is 5.95. The van der Waals surface area contributed by atoms with Gasteiger partial charge in [0.2, 0.25) is 0 Å². The van der Waals surface area contributed by atoms with Gasteiger partial charge in [0.05, 0.1) is 31.7 Å². The van der Waals surface area contributed by atoms with Crippen molar-refractivity contribution in [3.63, 3.8) is 0 Å². The summed E-state index contributed by atoms with van der Waals surface area (Å²) in [6.45, 7) is 5.17. The molecular weight excluding hydrogens is 366 g/mol. The molecule has 4 heterocycles. The summed E-state index contributed by atoms with van der Waals surface area (Å²) in [5, 5.41) is 5.54. The largest absolute Gasteiger partial charge is 0.467 e. The number of likely N-dealkylation sites (tertiary alicyclic amines) is 1. The molecule has 9 nitrogen and oxygen atoms in total. The normalized spacial score (nSPS) is 24.9. The van der Waals surface area contributed by atoms with Crippen LogP contribution in [-0.2, 0) is 19.0 Å². The van der Waals surface area contributed by atoms with Crippen LogP contribution in [0.1, 0.15) is 31.6 Å². The predicted octanol–water partition coefficient (Wildman–Crippen LogP) is 1.29. The van der Waals surface area contributed by atoms with Crippen LogP contribution in [-0.4, -0.2) is 62.1 Å². The van der Waals surface area contributed by atoms with Crippen molar-refractivity contribution in [2.75, 3.05) is 39.5 Å². The zero-order valence-corrected chi connectivity index (χ0v) is 15.9. The SMILES string of the molecule is CCOC(=O)C1=C(CN2CCC3(CC2)OCCO3)NC(=O)N[C@H]1c1ccco1. The fourth-order valence-corrected chi connectivity index (χ4v) is 3.92. The highest BCUT2D eigenvalue weighted by Crippen LogP contribution is 2.33. The lowest BCUT2D eigenvalue weighted by molar-refractivity contribution is -0.184. The summed E-state index contributed by atoms with van der Waals surface area (Å²) in [6.07, 6.45) is 3.02. The molecule has 28 heavy (non-hydrogen) atoms. The number of hydrogen-bond donors (Lipinski definition) is 2. The quantitative estimate of drug-likeness (QED) is 0.729. The Bertz CT molecular complexity index is 744. The van der Waals surface area contributed by atoms with E-state index in [1.165, 1.54) is 6.26 Å². The Hall–Kier alpha value is -2.36. The van der Waals surface area contributed by atoms with Crippen LogP contribution >= 0.6 is 0 Å². The molecule has 2 N–H and O–H groups in total. The average molecular weight is 391 g/mol. The molecule has 0 aromatic carbocycles. The Morgan fingerprint density at radius 2 is 2.07 bits per heavy atom. The first-order chi connectivity index (χ1) is 13.6. The van der Waals surface area contributed by atoms with E-state index in [0.717, 1.165) is 25.9 Å². The van der Waals surface area contributed by atoms with Crippen molar-refractivity contribution >= 4 is 12.0 Å². The molecule has 3 aliphatic heterocycles. The molecular formula is C19H25N3O6. The molecule has 2 fully saturated rings. The molecule has 152 valence electrons. The number of nitrogens with one attached hydrogen (secondary N) is 2. The Morgan fingerprint density at radius 3 is 2.71 bits per heavy atom. The molecule has 0 unspecified atom stereocenters. The molecule has 1 aromatic heterocycles. The van der Waals surface area contributed by atoms with Crippen LogP contribution in [0, 0.1) is 0 Å². The number of rotatable bonds is 5. The monoisotopic (exact) mass is 391 g/mol. The van der Waals surface area contributed by atoms with Crippen molar-refractivity contribution in [2.24, 2.45) is 0 Å². The third-order valence-corrected chi connectivity index (χ3v) is 5.29. The lowest BCUT2D eigenvalue weighted by Crippen LogP contribution is -2.51. The maximum atomic E-state index is 12.7. The lowest BCUT2D eigenvalue weighted by Gasteiger charge is -2.38. The number of piperidine rings is 1. The fourth-order valence-electron chi connectivity index (χ4n) is 3.92. The van der Waals surface area contributed by atoms with Crippen LogP contribution in [0.15, 0.2) is 34.1 Å². The van der Waals surface area contributed by atoms with E-state index in [2.05, 4.69) is 15.5 Å². The molecule has 0 saturated carbocycles. The first-order valence-corrected chi connectivity index (χ1v) is 9.61. The van der Waals surface area contributed by atoms with Gasteiger partial charge in [-0.1, -0.05) is 0 Å². The van der Waals surface area contributed by atoms with Crippen LogP contribution in [0.5, 0.6) is 0 Å². The molecule has 1 spiro atoms. The topological polar surface area (TPSA) is 102 Å². The van der Waals surface area contributed by atoms with Crippen LogP contribution in [0.3, 0.4) is 0 Å². The van der Waals surface area contributed by atoms with E-state index in [1.54, 1.807) is 19.1 Å². The van der Waals surface area contributed by atoms with Crippen molar-refractivity contribution in [3.8, 4) is 0 Å². The number of carbonyl (C=O) groups is 2. The molecule has 1 aromatic rings. The van der Waals surface area contributed by atoms with E-state index in [4.69, 9.17) is 18.6 Å². The molecule has 0 radical (unpaired) electrons. The summed E-state index contributed by atoms with van der Waals surface area (Å²) in [5.74, 6) is -0.453. The minimum Gasteiger partial charge on any atom is -0.467 e. The van der Waals surface area contributed by atoms with Gasteiger partial charge in [0.1, 0.15) is 11.8 Å². The van der Waals surface area contributed by atoms with Crippen LogP contribution in [0.25, 0.3) is 0 Å². The Kier molecular flexibility index (Phi) is 5.38. The molecule has 2 saturated heterocycles. The van der Waals surface area contributed by atoms with E-state index in [9.17, 15) is 9.59 Å². The van der Waals surface area contributed by atoms with Crippen molar-refractivity contribution in [2.45, 2.75) is 31.6 Å². The first-order valence-electron chi connectivity index (χ1n) is 9.61. The second-order valence-electron chi connectivity index (χ2n) is 7.04. The number of carbonyl (C=O) groups excluding carboxylic acids is 2. The maximum Gasteiger partial charge on any atom is 0.338 e. The highest BCUT2D eigenvalue weighted by atomic mass is 16.7. The minimum absolute atomic E-state index is 0.245. The summed E-state index contributed by atoms with van der Waals surface area (Å²) >= 11 is 0. The van der Waals surface area contributed by atoms with Gasteiger partial charge >= 0.3 is 12.0 Å². The Balaban J connectivity index is 1.56. The minimum atomic E-state index is -0.685. The third kappa shape index (κ3) is 3.78. The number of ether oxygens (including phenoxy) is 3. The predicted molar refractivity (Wildman–Crippen MR) is 97.1 cm³/mol. The van der Waals surface area contributed by atoms with Crippen molar-refractivity contribution in [1.29, 1.82) is 0 Å². The zero-order chi connectivity index (χ0) is 19.6. The molecule has 0 aliphatic carbocycles. The van der Waals surface area contributed by atoms with Crippen molar-refractivity contribution in [3.05, 3.63) is 35.4 Å². The van der Waals surface area contributed by atoms with E-state index >= 15 is 0 Å². The summed E-state index contributed by atoms with van der Waals surface area (Å²) in [4.78, 5) is 27.1. The smallest absolute Gasteiger partial charge is 0.338 e. The summed E-state index contributed by atoms with van der Waals surface area (Å²) in [7, 11) is 0. The van der Waals surface area contributed by atoms with E-state index in [-0.39, 0.29) is 12.6 Å². The molecule has 0 bridgehead atoms. The van der Waals surface area contributed by atoms with Gasteiger partial charge in [-0.05, 0) is 19.1 Å². The molecule has 3 aliphatic rings. The average Bonchev–Trinajstić information content (AvgIpc) is 3.36. The second kappa shape index (κ2) is 7.94. The van der Waals surface area contributed by atoms with Gasteiger partial charge in [0.25, 0.3) is 0 Å². The van der Waals surface area contributed by atoms with Crippen LogP contribution in [0.4, 0.5) is 4.79 Å². The van der Waals surface area contributed by atoms with Crippen LogP contribution in [0.2, 0.25) is 0 Å². The van der Waals surface area contributed by atoms with Gasteiger partial charge in [0, 0.05) is 38.2 Å². The Labute approximate surface area is 163 Å². The van der Waals surface area contributed by atoms with E-state index in [0.29, 0.717) is 36.8 Å². The summed E-state index contributed by atoms with van der Waals surface area (Å²) < 4.78 is 22.2. The number of amides is 2. The summed E-state index contributed by atoms with van der Waals surface area (Å²) in [5.41, 5.74) is 0.901. The van der Waals surface area contributed by atoms with Gasteiger partial charge in [-0.15, -0.1) is 0 Å². The van der Waals surface area contributed by atoms with Crippen molar-refractivity contribution in [1.82, 2.24) is 15.5 Å². The molecule has 2 amide bonds. The van der Waals surface area contributed by atoms with Gasteiger partial charge in [-0.3, -0.25) is 4.90 Å². The number of esters is 1. The number of nitrogens with zero attached hydrogens (tertiary/aromatic N) is 1. The molecule has 1 atom stereocenters. The van der Waals surface area contributed by atoms with Gasteiger partial charge in [0.15, 0.2) is 5.79 Å². The lowest BCUT2D eigenvalue weighted by atomic mass is 9.98. The van der Waals surface area contributed by atoms with E-state index < -0.39 is 17.8 Å². The van der Waals surface area contributed by atoms with E-state index in [1.807, 2.05) is 0 Å². The summed E-state index contributed by atoms with van der Waals surface area (Å²) in [6, 6.07) is 2.39. The van der Waals surface area contributed by atoms with Gasteiger partial charge in [-0.25, -0.2) is 9.59 Å². The maximum absolute atomic E-state index is 12.7. The third-order valence-electron chi connectivity index (χ3n) is 5.29. The molecule has 4 rings (SSSR count). The first kappa shape index (κ1) is 19.0. The van der Waals surface area contributed by atoms with Crippen molar-refractivity contribution < 1.29 is 28.2 Å². The fraction of sp³-hybridized carbons (Fsp3) is 0.579. The Morgan fingerprint density at radius 1 is 1.32 bits per heavy atom. The number of furan rings is 1. The molecule has 9 heteroatoms. The standard InChI is InChI=1S/C19H25N3O6/c1-2-25-17(23)15-13(20-18(24)21-16(15)14-4-3-9-26-14)12-22-7-5-19(6-8-22)27-10-11-28-19/h3-4,9,16H,2,5-8,10-12H2,1H3,(H2,20,21,24)/t16-/m0/s1. The highest BCUT2D eigenvalue weighted by Gasteiger charge is 2.41. The van der Waals surface area contributed by atoms with Crippen LogP contribution < -0.4 is 10.6 Å².